The molecule has 0 saturated carbocycles. The van der Waals surface area contributed by atoms with Gasteiger partial charge >= 0.3 is 0 Å². The second-order valence-electron chi connectivity index (χ2n) is 6.56. The van der Waals surface area contributed by atoms with Gasteiger partial charge in [0.25, 0.3) is 5.56 Å². The van der Waals surface area contributed by atoms with Crippen LogP contribution in [0.5, 0.6) is 23.0 Å². The van der Waals surface area contributed by atoms with Gasteiger partial charge in [0.15, 0.2) is 34.9 Å². The van der Waals surface area contributed by atoms with E-state index in [1.165, 1.54) is 15.9 Å². The van der Waals surface area contributed by atoms with Crippen LogP contribution < -0.4 is 29.0 Å². The first-order valence-corrected chi connectivity index (χ1v) is 9.99. The molecule has 0 amide bonds. The van der Waals surface area contributed by atoms with Crippen molar-refractivity contribution < 1.29 is 18.9 Å². The number of ether oxygens (including phenoxy) is 4. The van der Waals surface area contributed by atoms with Crippen LogP contribution in [0.2, 0.25) is 0 Å². The minimum Gasteiger partial charge on any atom is -0.493 e. The lowest BCUT2D eigenvalue weighted by Gasteiger charge is -2.24. The average molecular weight is 423 g/mol. The number of fused-ring (bicyclic) bond motifs is 2. The maximum atomic E-state index is 12.8. The van der Waals surface area contributed by atoms with E-state index in [1.54, 1.807) is 26.4 Å². The third-order valence-electron chi connectivity index (χ3n) is 4.70. The van der Waals surface area contributed by atoms with E-state index >= 15 is 0 Å². The van der Waals surface area contributed by atoms with Crippen molar-refractivity contribution in [3.63, 3.8) is 0 Å². The number of hydrogen-bond acceptors (Lipinski definition) is 8. The second-order valence-corrected chi connectivity index (χ2v) is 7.57. The maximum absolute atomic E-state index is 12.8. The number of para-hydroxylation sites is 2. The first kappa shape index (κ1) is 18.4. The molecular formula is C21H17N3O5S. The monoisotopic (exact) mass is 423 g/mol. The molecule has 0 saturated heterocycles. The SMILES string of the molecule is COc1ccc(C=c2sc3nc(C4COc5ccccc5O4)nn3c2=O)cc1OC. The van der Waals surface area contributed by atoms with Crippen LogP contribution in [0.15, 0.2) is 47.3 Å². The predicted octanol–water partition coefficient (Wildman–Crippen LogP) is 2.23. The van der Waals surface area contributed by atoms with Gasteiger partial charge in [-0.2, -0.15) is 9.50 Å². The van der Waals surface area contributed by atoms with Gasteiger partial charge in [0.05, 0.1) is 18.8 Å². The summed E-state index contributed by atoms with van der Waals surface area (Å²) in [6, 6.07) is 12.9. The summed E-state index contributed by atoms with van der Waals surface area (Å²) in [4.78, 5) is 17.8. The van der Waals surface area contributed by atoms with E-state index in [0.717, 1.165) is 5.56 Å². The van der Waals surface area contributed by atoms with E-state index in [2.05, 4.69) is 10.1 Å². The molecule has 0 N–H and O–H groups in total. The largest absolute Gasteiger partial charge is 0.493 e. The minimum atomic E-state index is -0.468. The fraction of sp³-hybridized carbons (Fsp3) is 0.190. The molecule has 0 spiro atoms. The number of thiazole rings is 1. The van der Waals surface area contributed by atoms with Gasteiger partial charge in [-0.25, -0.2) is 0 Å². The van der Waals surface area contributed by atoms with Crippen molar-refractivity contribution in [3.05, 3.63) is 68.7 Å². The van der Waals surface area contributed by atoms with E-state index in [-0.39, 0.29) is 12.2 Å². The Morgan fingerprint density at radius 1 is 1.13 bits per heavy atom. The molecule has 152 valence electrons. The number of rotatable bonds is 4. The van der Waals surface area contributed by atoms with Crippen molar-refractivity contribution in [1.29, 1.82) is 0 Å². The highest BCUT2D eigenvalue weighted by Gasteiger charge is 2.27. The first-order valence-electron chi connectivity index (χ1n) is 9.18. The molecule has 5 rings (SSSR count). The Kier molecular flexibility index (Phi) is 4.51. The third-order valence-corrected chi connectivity index (χ3v) is 5.66. The Labute approximate surface area is 174 Å². The molecule has 0 fully saturated rings. The van der Waals surface area contributed by atoms with Crippen LogP contribution >= 0.6 is 11.3 Å². The second kappa shape index (κ2) is 7.34. The summed E-state index contributed by atoms with van der Waals surface area (Å²) in [6.07, 6.45) is 1.31. The molecule has 1 aliphatic rings. The molecule has 3 heterocycles. The van der Waals surface area contributed by atoms with Gasteiger partial charge in [0.2, 0.25) is 4.96 Å². The third kappa shape index (κ3) is 3.13. The maximum Gasteiger partial charge on any atom is 0.291 e. The zero-order chi connectivity index (χ0) is 20.7. The number of methoxy groups -OCH3 is 2. The van der Waals surface area contributed by atoms with Crippen molar-refractivity contribution in [1.82, 2.24) is 14.6 Å². The van der Waals surface area contributed by atoms with Gasteiger partial charge in [-0.05, 0) is 35.9 Å². The number of hydrogen-bond donors (Lipinski definition) is 0. The fourth-order valence-electron chi connectivity index (χ4n) is 3.23. The van der Waals surface area contributed by atoms with Crippen molar-refractivity contribution in [2.45, 2.75) is 6.10 Å². The van der Waals surface area contributed by atoms with E-state index < -0.39 is 6.10 Å². The molecule has 4 aromatic rings. The molecule has 30 heavy (non-hydrogen) atoms. The molecule has 0 aliphatic carbocycles. The molecule has 2 aromatic heterocycles. The standard InChI is InChI=1S/C21H17N3O5S/c1-26-13-8-7-12(9-16(13)27-2)10-18-20(25)24-21(30-18)22-19(23-24)17-11-28-14-5-3-4-6-15(14)29-17/h3-10,17H,11H2,1-2H3. The number of benzene rings is 2. The molecule has 1 unspecified atom stereocenters. The van der Waals surface area contributed by atoms with Crippen LogP contribution in [-0.4, -0.2) is 35.4 Å². The Balaban J connectivity index is 1.48. The lowest BCUT2D eigenvalue weighted by molar-refractivity contribution is 0.0852. The van der Waals surface area contributed by atoms with Crippen LogP contribution in [0.3, 0.4) is 0 Å². The lowest BCUT2D eigenvalue weighted by atomic mass is 10.2. The Morgan fingerprint density at radius 3 is 2.70 bits per heavy atom. The van der Waals surface area contributed by atoms with E-state index in [1.807, 2.05) is 36.4 Å². The summed E-state index contributed by atoms with van der Waals surface area (Å²) in [6.45, 7) is 0.285. The van der Waals surface area contributed by atoms with Crippen LogP contribution in [0, 0.1) is 0 Å². The summed E-state index contributed by atoms with van der Waals surface area (Å²) >= 11 is 1.27. The summed E-state index contributed by atoms with van der Waals surface area (Å²) in [5.74, 6) is 2.96. The van der Waals surface area contributed by atoms with Crippen molar-refractivity contribution >= 4 is 22.4 Å². The molecule has 8 nitrogen and oxygen atoms in total. The molecule has 9 heteroatoms. The smallest absolute Gasteiger partial charge is 0.291 e. The predicted molar refractivity (Wildman–Crippen MR) is 111 cm³/mol. The number of aromatic nitrogens is 3. The minimum absolute atomic E-state index is 0.235. The summed E-state index contributed by atoms with van der Waals surface area (Å²) in [7, 11) is 3.15. The number of nitrogens with zero attached hydrogens (tertiary/aromatic N) is 3. The highest BCUT2D eigenvalue weighted by molar-refractivity contribution is 7.15. The van der Waals surface area contributed by atoms with Gasteiger partial charge < -0.3 is 18.9 Å². The first-order chi connectivity index (χ1) is 14.7. The van der Waals surface area contributed by atoms with E-state index in [4.69, 9.17) is 18.9 Å². The Bertz CT molecular complexity index is 1350. The van der Waals surface area contributed by atoms with Gasteiger partial charge in [-0.15, -0.1) is 5.10 Å². The molecule has 0 bridgehead atoms. The van der Waals surface area contributed by atoms with Crippen LogP contribution in [-0.2, 0) is 0 Å². The zero-order valence-electron chi connectivity index (χ0n) is 16.2. The molecular weight excluding hydrogens is 406 g/mol. The summed E-state index contributed by atoms with van der Waals surface area (Å²) in [5, 5.41) is 4.37. The topological polar surface area (TPSA) is 84.2 Å². The average Bonchev–Trinajstić information content (AvgIpc) is 3.32. The molecule has 1 atom stereocenters. The molecule has 0 radical (unpaired) electrons. The van der Waals surface area contributed by atoms with Crippen molar-refractivity contribution in [2.75, 3.05) is 20.8 Å². The fourth-order valence-corrected chi connectivity index (χ4v) is 4.14. The van der Waals surface area contributed by atoms with Crippen LogP contribution in [0.25, 0.3) is 11.0 Å². The van der Waals surface area contributed by atoms with Crippen molar-refractivity contribution in [2.24, 2.45) is 0 Å². The van der Waals surface area contributed by atoms with Gasteiger partial charge in [0.1, 0.15) is 6.61 Å². The highest BCUT2D eigenvalue weighted by Crippen LogP contribution is 2.35. The summed E-state index contributed by atoms with van der Waals surface area (Å²) in [5.41, 5.74) is 0.579. The van der Waals surface area contributed by atoms with E-state index in [0.29, 0.717) is 38.3 Å². The van der Waals surface area contributed by atoms with Gasteiger partial charge in [-0.1, -0.05) is 29.5 Å². The Morgan fingerprint density at radius 2 is 1.93 bits per heavy atom. The van der Waals surface area contributed by atoms with Crippen LogP contribution in [0.1, 0.15) is 17.5 Å². The zero-order valence-corrected chi connectivity index (χ0v) is 17.0. The van der Waals surface area contributed by atoms with E-state index in [9.17, 15) is 4.79 Å². The summed E-state index contributed by atoms with van der Waals surface area (Å²) < 4.78 is 24.1. The lowest BCUT2D eigenvalue weighted by Crippen LogP contribution is -2.26. The normalized spacial score (nSPS) is 16.1. The van der Waals surface area contributed by atoms with Crippen molar-refractivity contribution in [3.8, 4) is 23.0 Å². The highest BCUT2D eigenvalue weighted by atomic mass is 32.1. The molecule has 2 aromatic carbocycles. The van der Waals surface area contributed by atoms with Gasteiger partial charge in [0, 0.05) is 0 Å². The van der Waals surface area contributed by atoms with Gasteiger partial charge in [-0.3, -0.25) is 4.79 Å². The quantitative estimate of drug-likeness (QED) is 0.498. The Hall–Kier alpha value is -3.59. The van der Waals surface area contributed by atoms with Crippen LogP contribution in [0.4, 0.5) is 0 Å². The molecule has 1 aliphatic heterocycles.